The topological polar surface area (TPSA) is 72.9 Å². The van der Waals surface area contributed by atoms with Gasteiger partial charge in [-0.1, -0.05) is 11.6 Å². The van der Waals surface area contributed by atoms with Crippen molar-refractivity contribution >= 4 is 29.4 Å². The molecular formula is C20H24ClF2NO5. The van der Waals surface area contributed by atoms with Crippen molar-refractivity contribution in [2.24, 2.45) is 0 Å². The summed E-state index contributed by atoms with van der Waals surface area (Å²) in [6.45, 7) is 6.53. The van der Waals surface area contributed by atoms with Crippen LogP contribution in [-0.4, -0.2) is 47.5 Å². The van der Waals surface area contributed by atoms with Crippen LogP contribution in [-0.2, 0) is 19.1 Å². The molecular weight excluding hydrogens is 408 g/mol. The number of halogens is 3. The first-order valence-electron chi connectivity index (χ1n) is 9.26. The van der Waals surface area contributed by atoms with Crippen LogP contribution < -0.4 is 0 Å². The summed E-state index contributed by atoms with van der Waals surface area (Å²) in [5.41, 5.74) is -1.13. The number of amides is 1. The van der Waals surface area contributed by atoms with Crippen molar-refractivity contribution in [1.29, 1.82) is 0 Å². The van der Waals surface area contributed by atoms with Gasteiger partial charge in [0, 0.05) is 18.0 Å². The van der Waals surface area contributed by atoms with Gasteiger partial charge < -0.3 is 9.47 Å². The molecule has 0 N–H and O–H groups in total. The summed E-state index contributed by atoms with van der Waals surface area (Å²) in [5, 5.41) is -0.258. The van der Waals surface area contributed by atoms with Gasteiger partial charge in [-0.3, -0.25) is 14.5 Å². The molecule has 6 nitrogen and oxygen atoms in total. The van der Waals surface area contributed by atoms with Gasteiger partial charge in [0.15, 0.2) is 5.78 Å². The van der Waals surface area contributed by atoms with E-state index in [1.165, 1.54) is 0 Å². The van der Waals surface area contributed by atoms with Gasteiger partial charge in [-0.15, -0.1) is 0 Å². The molecule has 1 unspecified atom stereocenters. The van der Waals surface area contributed by atoms with Crippen LogP contribution in [0.1, 0.15) is 52.0 Å². The average Bonchev–Trinajstić information content (AvgIpc) is 3.02. The number of esters is 1. The Balaban J connectivity index is 2.33. The first-order chi connectivity index (χ1) is 13.4. The van der Waals surface area contributed by atoms with Gasteiger partial charge >= 0.3 is 12.1 Å². The van der Waals surface area contributed by atoms with Gasteiger partial charge in [0.25, 0.3) is 0 Å². The first kappa shape index (κ1) is 23.1. The fraction of sp³-hybridized carbons (Fsp3) is 0.550. The van der Waals surface area contributed by atoms with Gasteiger partial charge in [0.05, 0.1) is 17.7 Å². The second-order valence-electron chi connectivity index (χ2n) is 7.79. The number of carbonyl (C=O) groups is 3. The molecule has 1 aromatic carbocycles. The maximum atomic E-state index is 14.5. The standard InChI is InChI=1S/C20H24ClF2NO5/c1-5-28-16(26)9-15(25)14-8-11(10-24(14)19(27)29-20(2,3)4)17-13(22)7-6-12(21)18(17)23/h6-7,11,14H,5,8-10H2,1-4H3/t11-,14?/m1/s1. The smallest absolute Gasteiger partial charge is 0.410 e. The van der Waals surface area contributed by atoms with Crippen LogP contribution in [0.2, 0.25) is 5.02 Å². The molecule has 1 heterocycles. The van der Waals surface area contributed by atoms with Gasteiger partial charge in [-0.05, 0) is 46.2 Å². The summed E-state index contributed by atoms with van der Waals surface area (Å²) in [6, 6.07) is 1.06. The van der Waals surface area contributed by atoms with Crippen LogP contribution >= 0.6 is 11.6 Å². The molecule has 0 spiro atoms. The van der Waals surface area contributed by atoms with Crippen LogP contribution in [0.5, 0.6) is 0 Å². The molecule has 1 aromatic rings. The van der Waals surface area contributed by atoms with E-state index in [1.54, 1.807) is 27.7 Å². The molecule has 9 heteroatoms. The van der Waals surface area contributed by atoms with Crippen LogP contribution in [0, 0.1) is 11.6 Å². The van der Waals surface area contributed by atoms with E-state index in [0.717, 1.165) is 17.0 Å². The Hall–Kier alpha value is -2.22. The molecule has 1 amide bonds. The van der Waals surface area contributed by atoms with Gasteiger partial charge in [-0.2, -0.15) is 0 Å². The van der Waals surface area contributed by atoms with Crippen molar-refractivity contribution in [2.45, 2.75) is 58.1 Å². The fourth-order valence-electron chi connectivity index (χ4n) is 3.26. The number of rotatable bonds is 5. The highest BCUT2D eigenvalue weighted by molar-refractivity contribution is 6.30. The van der Waals surface area contributed by atoms with E-state index in [2.05, 4.69) is 0 Å². The molecule has 1 saturated heterocycles. The Bertz CT molecular complexity index is 809. The predicted molar refractivity (Wildman–Crippen MR) is 102 cm³/mol. The van der Waals surface area contributed by atoms with E-state index in [1.807, 2.05) is 0 Å². The molecule has 0 aromatic heterocycles. The molecule has 0 aliphatic carbocycles. The van der Waals surface area contributed by atoms with Crippen LogP contribution in [0.25, 0.3) is 0 Å². The highest BCUT2D eigenvalue weighted by Crippen LogP contribution is 2.37. The van der Waals surface area contributed by atoms with E-state index in [9.17, 15) is 23.2 Å². The normalized spacial score (nSPS) is 19.2. The second kappa shape index (κ2) is 9.07. The first-order valence-corrected chi connectivity index (χ1v) is 9.63. The minimum absolute atomic E-state index is 0.0638. The lowest BCUT2D eigenvalue weighted by atomic mass is 9.93. The highest BCUT2D eigenvalue weighted by Gasteiger charge is 2.44. The highest BCUT2D eigenvalue weighted by atomic mass is 35.5. The zero-order valence-corrected chi connectivity index (χ0v) is 17.5. The lowest BCUT2D eigenvalue weighted by molar-refractivity contribution is -0.146. The van der Waals surface area contributed by atoms with Crippen molar-refractivity contribution in [2.75, 3.05) is 13.2 Å². The number of ketones is 1. The van der Waals surface area contributed by atoms with Crippen molar-refractivity contribution in [1.82, 2.24) is 4.90 Å². The number of nitrogens with zero attached hydrogens (tertiary/aromatic N) is 1. The molecule has 29 heavy (non-hydrogen) atoms. The van der Waals surface area contributed by atoms with Crippen LogP contribution in [0.15, 0.2) is 12.1 Å². The van der Waals surface area contributed by atoms with Crippen molar-refractivity contribution in [3.05, 3.63) is 34.4 Å². The summed E-state index contributed by atoms with van der Waals surface area (Å²) in [7, 11) is 0. The number of ether oxygens (including phenoxy) is 2. The van der Waals surface area contributed by atoms with Gasteiger partial charge in [0.2, 0.25) is 0 Å². The van der Waals surface area contributed by atoms with Crippen LogP contribution in [0.3, 0.4) is 0 Å². The summed E-state index contributed by atoms with van der Waals surface area (Å²) in [6.07, 6.45) is -1.42. The molecule has 1 aliphatic heterocycles. The Morgan fingerprint density at radius 1 is 1.24 bits per heavy atom. The van der Waals surface area contributed by atoms with Gasteiger partial charge in [-0.25, -0.2) is 13.6 Å². The molecule has 0 bridgehead atoms. The van der Waals surface area contributed by atoms with Crippen molar-refractivity contribution in [3.63, 3.8) is 0 Å². The third-order valence-electron chi connectivity index (χ3n) is 4.41. The number of likely N-dealkylation sites (tertiary alicyclic amines) is 1. The molecule has 2 atom stereocenters. The fourth-order valence-corrected chi connectivity index (χ4v) is 3.43. The molecule has 1 aliphatic rings. The number of hydrogen-bond acceptors (Lipinski definition) is 5. The van der Waals surface area contributed by atoms with Crippen LogP contribution in [0.4, 0.5) is 13.6 Å². The number of carbonyl (C=O) groups excluding carboxylic acids is 3. The largest absolute Gasteiger partial charge is 0.466 e. The van der Waals surface area contributed by atoms with Crippen molar-refractivity contribution in [3.8, 4) is 0 Å². The molecule has 2 rings (SSSR count). The quantitative estimate of drug-likeness (QED) is 0.396. The predicted octanol–water partition coefficient (Wildman–Crippen LogP) is 4.23. The molecule has 1 fully saturated rings. The van der Waals surface area contributed by atoms with Crippen molar-refractivity contribution < 1.29 is 32.6 Å². The Morgan fingerprint density at radius 2 is 1.90 bits per heavy atom. The monoisotopic (exact) mass is 431 g/mol. The maximum Gasteiger partial charge on any atom is 0.410 e. The summed E-state index contributed by atoms with van der Waals surface area (Å²) in [5.74, 6) is -3.89. The maximum absolute atomic E-state index is 14.5. The third-order valence-corrected chi connectivity index (χ3v) is 4.70. The molecule has 160 valence electrons. The zero-order chi connectivity index (χ0) is 21.9. The summed E-state index contributed by atoms with van der Waals surface area (Å²) in [4.78, 5) is 38.1. The zero-order valence-electron chi connectivity index (χ0n) is 16.8. The van der Waals surface area contributed by atoms with E-state index in [0.29, 0.717) is 0 Å². The minimum Gasteiger partial charge on any atom is -0.466 e. The number of benzene rings is 1. The van der Waals surface area contributed by atoms with E-state index in [4.69, 9.17) is 21.1 Å². The Labute approximate surface area is 173 Å². The lowest BCUT2D eigenvalue weighted by Crippen LogP contribution is -2.44. The van der Waals surface area contributed by atoms with E-state index < -0.39 is 53.5 Å². The minimum atomic E-state index is -1.07. The van der Waals surface area contributed by atoms with E-state index in [-0.39, 0.29) is 30.2 Å². The van der Waals surface area contributed by atoms with Gasteiger partial charge in [0.1, 0.15) is 23.7 Å². The average molecular weight is 432 g/mol. The lowest BCUT2D eigenvalue weighted by Gasteiger charge is -2.27. The SMILES string of the molecule is CCOC(=O)CC(=O)C1C[C@@H](c2c(F)ccc(Cl)c2F)CN1C(=O)OC(C)(C)C. The molecule has 0 saturated carbocycles. The second-order valence-corrected chi connectivity index (χ2v) is 8.19. The number of hydrogen-bond donors (Lipinski definition) is 0. The third kappa shape index (κ3) is 5.65. The number of Topliss-reactive ketones (excluding diaryl/α,β-unsaturated/α-hetero) is 1. The molecule has 0 radical (unpaired) electrons. The summed E-state index contributed by atoms with van der Waals surface area (Å²) >= 11 is 5.78. The Kier molecular flexibility index (Phi) is 7.21. The van der Waals surface area contributed by atoms with E-state index >= 15 is 0 Å². The summed E-state index contributed by atoms with van der Waals surface area (Å²) < 4.78 is 38.9. The Morgan fingerprint density at radius 3 is 2.48 bits per heavy atom.